The van der Waals surface area contributed by atoms with E-state index < -0.39 is 5.97 Å². The summed E-state index contributed by atoms with van der Waals surface area (Å²) >= 11 is 0. The van der Waals surface area contributed by atoms with E-state index in [1.807, 2.05) is 0 Å². The van der Waals surface area contributed by atoms with E-state index in [9.17, 15) is 9.90 Å². The lowest BCUT2D eigenvalue weighted by Crippen LogP contribution is -2.52. The third kappa shape index (κ3) is 2.23. The van der Waals surface area contributed by atoms with Gasteiger partial charge in [-0.05, 0) is 98.2 Å². The molecule has 7 atom stereocenters. The van der Waals surface area contributed by atoms with Crippen LogP contribution >= 0.6 is 0 Å². The Morgan fingerprint density at radius 3 is 2.61 bits per heavy atom. The normalized spacial score (nSPS) is 51.7. The Morgan fingerprint density at radius 2 is 1.83 bits per heavy atom. The molecule has 0 N–H and O–H groups in total. The fourth-order valence-corrected chi connectivity index (χ4v) is 7.47. The van der Waals surface area contributed by atoms with Crippen molar-refractivity contribution in [2.24, 2.45) is 40.4 Å². The lowest BCUT2D eigenvalue weighted by atomic mass is 9.45. The summed E-state index contributed by atoms with van der Waals surface area (Å²) in [5.74, 6) is 2.78. The zero-order valence-corrected chi connectivity index (χ0v) is 14.7. The first-order chi connectivity index (χ1) is 10.9. The second kappa shape index (κ2) is 5.36. The van der Waals surface area contributed by atoms with Gasteiger partial charge < -0.3 is 9.90 Å². The van der Waals surface area contributed by atoms with Crippen LogP contribution in [0.2, 0.25) is 0 Å². The van der Waals surface area contributed by atoms with Crippen LogP contribution in [-0.4, -0.2) is 5.97 Å². The number of hydrogen-bond donors (Lipinski definition) is 0. The van der Waals surface area contributed by atoms with E-state index in [0.29, 0.717) is 11.3 Å². The smallest absolute Gasteiger partial charge is 0.0417 e. The first kappa shape index (κ1) is 15.7. The van der Waals surface area contributed by atoms with Crippen LogP contribution in [0.15, 0.2) is 12.2 Å². The maximum atomic E-state index is 11.2. The van der Waals surface area contributed by atoms with Gasteiger partial charge >= 0.3 is 0 Å². The van der Waals surface area contributed by atoms with E-state index in [2.05, 4.69) is 26.0 Å². The highest BCUT2D eigenvalue weighted by Crippen LogP contribution is 2.67. The van der Waals surface area contributed by atoms with Crippen LogP contribution in [0.5, 0.6) is 0 Å². The highest BCUT2D eigenvalue weighted by atomic mass is 16.4. The number of carbonyl (C=O) groups is 1. The minimum absolute atomic E-state index is 0.259. The highest BCUT2D eigenvalue weighted by molar-refractivity contribution is 5.64. The Bertz CT molecular complexity index is 524. The molecule has 0 heterocycles. The summed E-state index contributed by atoms with van der Waals surface area (Å²) in [4.78, 5) is 11.2. The van der Waals surface area contributed by atoms with E-state index in [4.69, 9.17) is 0 Å². The van der Waals surface area contributed by atoms with Gasteiger partial charge in [-0.1, -0.05) is 26.0 Å². The topological polar surface area (TPSA) is 40.1 Å². The minimum atomic E-state index is -0.841. The van der Waals surface area contributed by atoms with Crippen molar-refractivity contribution in [3.63, 3.8) is 0 Å². The number of fused-ring (bicyclic) bond motifs is 5. The van der Waals surface area contributed by atoms with Gasteiger partial charge in [-0.2, -0.15) is 0 Å². The first-order valence-corrected chi connectivity index (χ1v) is 9.81. The second-order valence-electron chi connectivity index (χ2n) is 9.43. The Kier molecular flexibility index (Phi) is 3.66. The average molecular weight is 315 g/mol. The molecule has 0 radical (unpaired) electrons. The Labute approximate surface area is 140 Å². The van der Waals surface area contributed by atoms with Crippen molar-refractivity contribution in [3.05, 3.63) is 12.2 Å². The van der Waals surface area contributed by atoms with Gasteiger partial charge in [0, 0.05) is 5.97 Å². The summed E-state index contributed by atoms with van der Waals surface area (Å²) in [6.07, 6.45) is 15.5. The summed E-state index contributed by atoms with van der Waals surface area (Å²) in [6, 6.07) is 0. The number of rotatable bonds is 2. The molecular formula is C21H31O2-. The molecule has 0 unspecified atom stereocenters. The molecule has 0 saturated heterocycles. The summed E-state index contributed by atoms with van der Waals surface area (Å²) in [5.41, 5.74) is 0.764. The molecule has 4 rings (SSSR count). The number of allylic oxidation sites excluding steroid dienone is 2. The first-order valence-electron chi connectivity index (χ1n) is 9.81. The van der Waals surface area contributed by atoms with Crippen LogP contribution in [-0.2, 0) is 4.79 Å². The molecule has 3 fully saturated rings. The molecule has 3 saturated carbocycles. The quantitative estimate of drug-likeness (QED) is 0.724. The number of carboxylic acid groups (broad SMARTS) is 1. The van der Waals surface area contributed by atoms with Crippen LogP contribution < -0.4 is 5.11 Å². The van der Waals surface area contributed by atoms with Gasteiger partial charge in [0.2, 0.25) is 0 Å². The molecule has 2 nitrogen and oxygen atoms in total. The molecule has 0 aromatic rings. The summed E-state index contributed by atoms with van der Waals surface area (Å²) in [7, 11) is 0. The largest absolute Gasteiger partial charge is 0.550 e. The van der Waals surface area contributed by atoms with Crippen molar-refractivity contribution in [2.45, 2.75) is 71.6 Å². The Balaban J connectivity index is 1.60. The van der Waals surface area contributed by atoms with Crippen molar-refractivity contribution < 1.29 is 9.90 Å². The number of carbonyl (C=O) groups excluding carboxylic acids is 1. The van der Waals surface area contributed by atoms with Crippen molar-refractivity contribution in [1.82, 2.24) is 0 Å². The number of hydrogen-bond acceptors (Lipinski definition) is 2. The molecule has 0 amide bonds. The fourth-order valence-electron chi connectivity index (χ4n) is 7.47. The van der Waals surface area contributed by atoms with E-state index >= 15 is 0 Å². The third-order valence-corrected chi connectivity index (χ3v) is 8.77. The van der Waals surface area contributed by atoms with Crippen molar-refractivity contribution >= 4 is 5.97 Å². The fraction of sp³-hybridized carbons (Fsp3) is 0.857. The lowest BCUT2D eigenvalue weighted by molar-refractivity contribution is -0.307. The second-order valence-corrected chi connectivity index (χ2v) is 9.43. The molecule has 23 heavy (non-hydrogen) atoms. The predicted octanol–water partition coefficient (Wildman–Crippen LogP) is 3.95. The molecule has 0 aromatic heterocycles. The highest BCUT2D eigenvalue weighted by Gasteiger charge is 2.58. The number of carboxylic acids is 1. The average Bonchev–Trinajstić information content (AvgIpc) is 2.83. The molecular weight excluding hydrogens is 284 g/mol. The predicted molar refractivity (Wildman–Crippen MR) is 89.4 cm³/mol. The van der Waals surface area contributed by atoms with Gasteiger partial charge in [-0.25, -0.2) is 0 Å². The maximum absolute atomic E-state index is 11.2. The van der Waals surface area contributed by atoms with Crippen LogP contribution in [0.3, 0.4) is 0 Å². The lowest BCUT2D eigenvalue weighted by Gasteiger charge is -2.59. The van der Waals surface area contributed by atoms with E-state index in [1.165, 1.54) is 44.9 Å². The zero-order chi connectivity index (χ0) is 16.2. The van der Waals surface area contributed by atoms with Crippen molar-refractivity contribution in [2.75, 3.05) is 0 Å². The molecule has 4 aliphatic carbocycles. The standard InChI is InChI=1S/C21H32O2/c1-20-11-4-3-5-14(20)6-8-16-17-9-7-15(13-19(22)23)21(17,2)12-10-18(16)20/h3,5,14-18H,4,6-13H2,1-2H3,(H,22,23)/p-1/t14-,15-,16+,17+,18+,20+,21-/m1/s1. The zero-order valence-electron chi connectivity index (χ0n) is 14.7. The maximum Gasteiger partial charge on any atom is 0.0417 e. The van der Waals surface area contributed by atoms with Crippen LogP contribution in [0, 0.1) is 40.4 Å². The van der Waals surface area contributed by atoms with Gasteiger partial charge in [0.05, 0.1) is 0 Å². The summed E-state index contributed by atoms with van der Waals surface area (Å²) in [5, 5.41) is 11.2. The van der Waals surface area contributed by atoms with E-state index in [0.717, 1.165) is 30.1 Å². The molecule has 0 bridgehead atoms. The molecule has 128 valence electrons. The van der Waals surface area contributed by atoms with E-state index in [1.54, 1.807) is 0 Å². The molecule has 0 spiro atoms. The van der Waals surface area contributed by atoms with Crippen LogP contribution in [0.4, 0.5) is 0 Å². The van der Waals surface area contributed by atoms with Crippen LogP contribution in [0.1, 0.15) is 71.6 Å². The van der Waals surface area contributed by atoms with Crippen molar-refractivity contribution in [1.29, 1.82) is 0 Å². The monoisotopic (exact) mass is 315 g/mol. The molecule has 0 aliphatic heterocycles. The summed E-state index contributed by atoms with van der Waals surface area (Å²) < 4.78 is 0. The van der Waals surface area contributed by atoms with Gasteiger partial charge in [-0.3, -0.25) is 0 Å². The molecule has 4 aliphatic rings. The third-order valence-electron chi connectivity index (χ3n) is 8.77. The number of aliphatic carboxylic acids is 1. The van der Waals surface area contributed by atoms with Gasteiger partial charge in [-0.15, -0.1) is 0 Å². The van der Waals surface area contributed by atoms with Gasteiger partial charge in [0.15, 0.2) is 0 Å². The van der Waals surface area contributed by atoms with Crippen molar-refractivity contribution in [3.8, 4) is 0 Å². The van der Waals surface area contributed by atoms with Crippen LogP contribution in [0.25, 0.3) is 0 Å². The van der Waals surface area contributed by atoms with Gasteiger partial charge in [0.1, 0.15) is 0 Å². The Hall–Kier alpha value is -0.790. The SMILES string of the molecule is C[C@]12CCC=C[C@@H]1CC[C@@H]1[C@@H]2CC[C@]2(C)[C@@H](CC(=O)[O-])CC[C@@H]12. The minimum Gasteiger partial charge on any atom is -0.550 e. The summed E-state index contributed by atoms with van der Waals surface area (Å²) in [6.45, 7) is 4.97. The Morgan fingerprint density at radius 1 is 1.04 bits per heavy atom. The molecule has 2 heteroatoms. The molecule has 0 aromatic carbocycles. The van der Waals surface area contributed by atoms with E-state index in [-0.39, 0.29) is 11.8 Å². The van der Waals surface area contributed by atoms with Gasteiger partial charge in [0.25, 0.3) is 0 Å².